The molecule has 0 spiro atoms. The second kappa shape index (κ2) is 5.16. The van der Waals surface area contributed by atoms with Crippen molar-refractivity contribution in [2.75, 3.05) is 5.43 Å². The zero-order valence-electron chi connectivity index (χ0n) is 9.72. The monoisotopic (exact) mass is 265 g/mol. The number of hydrogen-bond donors (Lipinski definition) is 2. The largest absolute Gasteiger partial charge is 0.356 e. The molecule has 1 aromatic carbocycles. The summed E-state index contributed by atoms with van der Waals surface area (Å²) >= 11 is 6.08. The molecule has 0 aliphatic heterocycles. The van der Waals surface area contributed by atoms with Gasteiger partial charge in [-0.3, -0.25) is 5.43 Å². The van der Waals surface area contributed by atoms with Crippen LogP contribution in [0.15, 0.2) is 29.1 Å². The van der Waals surface area contributed by atoms with Crippen molar-refractivity contribution in [2.24, 2.45) is 5.84 Å². The minimum absolute atomic E-state index is 0.0974. The Balaban J connectivity index is 2.72. The van der Waals surface area contributed by atoms with Gasteiger partial charge >= 0.3 is 5.69 Å². The molecule has 0 saturated carbocycles. The van der Waals surface area contributed by atoms with E-state index in [2.05, 4.69) is 15.4 Å². The van der Waals surface area contributed by atoms with Crippen LogP contribution >= 0.6 is 11.6 Å². The molecule has 3 N–H and O–H groups in total. The third-order valence-corrected chi connectivity index (χ3v) is 2.74. The van der Waals surface area contributed by atoms with Crippen molar-refractivity contribution in [3.8, 4) is 5.69 Å². The molecule has 0 fully saturated rings. The zero-order chi connectivity index (χ0) is 13.1. The van der Waals surface area contributed by atoms with Gasteiger partial charge in [0, 0.05) is 6.42 Å². The summed E-state index contributed by atoms with van der Waals surface area (Å²) in [4.78, 5) is 19.9. The number of rotatable bonds is 3. The van der Waals surface area contributed by atoms with Crippen LogP contribution < -0.4 is 17.0 Å². The minimum Gasteiger partial charge on any atom is -0.292 e. The number of nitrogens with one attached hydrogen (secondary N) is 1. The average molecular weight is 266 g/mol. The number of aromatic nitrogens is 3. The molecule has 94 valence electrons. The van der Waals surface area contributed by atoms with E-state index in [1.54, 1.807) is 24.3 Å². The smallest absolute Gasteiger partial charge is 0.292 e. The van der Waals surface area contributed by atoms with Crippen LogP contribution in [0.3, 0.4) is 0 Å². The number of nitrogens with two attached hydrogens (primary N) is 1. The van der Waals surface area contributed by atoms with Gasteiger partial charge in [0.25, 0.3) is 0 Å². The summed E-state index contributed by atoms with van der Waals surface area (Å²) in [7, 11) is 0. The first-order valence-electron chi connectivity index (χ1n) is 5.39. The highest BCUT2D eigenvalue weighted by molar-refractivity contribution is 6.32. The molecule has 1 heterocycles. The summed E-state index contributed by atoms with van der Waals surface area (Å²) in [5.41, 5.74) is 2.36. The van der Waals surface area contributed by atoms with Gasteiger partial charge in [-0.05, 0) is 12.1 Å². The molecular weight excluding hydrogens is 254 g/mol. The van der Waals surface area contributed by atoms with Gasteiger partial charge in [-0.2, -0.15) is 9.97 Å². The van der Waals surface area contributed by atoms with E-state index < -0.39 is 5.69 Å². The molecule has 0 saturated heterocycles. The standard InChI is InChI=1S/C11H12ClN5O/c1-2-9-14-10(16-13)15-11(18)17(9)8-6-4-3-5-7(8)12/h3-6H,2,13H2,1H3,(H,15,16,18). The fourth-order valence-electron chi connectivity index (χ4n) is 1.63. The molecular formula is C11H12ClN5O. The van der Waals surface area contributed by atoms with Crippen molar-refractivity contribution in [1.29, 1.82) is 0 Å². The Morgan fingerprint density at radius 2 is 2.11 bits per heavy atom. The van der Waals surface area contributed by atoms with E-state index in [0.29, 0.717) is 23.0 Å². The maximum atomic E-state index is 12.0. The van der Waals surface area contributed by atoms with Crippen LogP contribution in [-0.2, 0) is 6.42 Å². The van der Waals surface area contributed by atoms with Crippen molar-refractivity contribution in [2.45, 2.75) is 13.3 Å². The van der Waals surface area contributed by atoms with Gasteiger partial charge in [0.1, 0.15) is 5.82 Å². The molecule has 0 amide bonds. The van der Waals surface area contributed by atoms with E-state index in [4.69, 9.17) is 17.4 Å². The lowest BCUT2D eigenvalue weighted by atomic mass is 10.3. The summed E-state index contributed by atoms with van der Waals surface area (Å²) in [6.07, 6.45) is 0.553. The number of hydrazine groups is 1. The minimum atomic E-state index is -0.470. The predicted octanol–water partition coefficient (Wildman–Crippen LogP) is 1.13. The zero-order valence-corrected chi connectivity index (χ0v) is 10.5. The highest BCUT2D eigenvalue weighted by Gasteiger charge is 2.12. The number of hydrogen-bond acceptors (Lipinski definition) is 5. The number of halogens is 1. The molecule has 0 aliphatic rings. The van der Waals surface area contributed by atoms with E-state index in [-0.39, 0.29) is 5.95 Å². The number of nitrogen functional groups attached to an aromatic ring is 1. The number of anilines is 1. The summed E-state index contributed by atoms with van der Waals surface area (Å²) in [5.74, 6) is 5.85. The topological polar surface area (TPSA) is 85.8 Å². The van der Waals surface area contributed by atoms with E-state index in [1.165, 1.54) is 4.57 Å². The van der Waals surface area contributed by atoms with E-state index in [1.807, 2.05) is 6.92 Å². The number of nitrogens with zero attached hydrogens (tertiary/aromatic N) is 3. The van der Waals surface area contributed by atoms with Crippen LogP contribution in [0.2, 0.25) is 5.02 Å². The summed E-state index contributed by atoms with van der Waals surface area (Å²) < 4.78 is 1.38. The van der Waals surface area contributed by atoms with Gasteiger partial charge in [-0.15, -0.1) is 0 Å². The molecule has 0 bridgehead atoms. The highest BCUT2D eigenvalue weighted by Crippen LogP contribution is 2.19. The van der Waals surface area contributed by atoms with Crippen LogP contribution in [0.25, 0.3) is 5.69 Å². The third-order valence-electron chi connectivity index (χ3n) is 2.42. The summed E-state index contributed by atoms with van der Waals surface area (Å²) in [5, 5.41) is 0.464. The van der Waals surface area contributed by atoms with Crippen molar-refractivity contribution < 1.29 is 0 Å². The van der Waals surface area contributed by atoms with Crippen molar-refractivity contribution in [3.63, 3.8) is 0 Å². The fraction of sp³-hybridized carbons (Fsp3) is 0.182. The van der Waals surface area contributed by atoms with Gasteiger partial charge in [0.05, 0.1) is 10.7 Å². The predicted molar refractivity (Wildman–Crippen MR) is 69.8 cm³/mol. The van der Waals surface area contributed by atoms with Crippen LogP contribution in [0.1, 0.15) is 12.7 Å². The second-order valence-corrected chi connectivity index (χ2v) is 3.94. The first-order chi connectivity index (χ1) is 8.67. The summed E-state index contributed by atoms with van der Waals surface area (Å²) in [6.45, 7) is 1.88. The van der Waals surface area contributed by atoms with Crippen LogP contribution in [0.4, 0.5) is 5.95 Å². The Bertz CT molecular complexity index is 625. The van der Waals surface area contributed by atoms with Gasteiger partial charge in [-0.1, -0.05) is 30.7 Å². The Morgan fingerprint density at radius 3 is 2.72 bits per heavy atom. The number of benzene rings is 1. The Kier molecular flexibility index (Phi) is 3.59. The Labute approximate surface area is 108 Å². The lowest BCUT2D eigenvalue weighted by molar-refractivity contribution is 0.770. The molecule has 0 unspecified atom stereocenters. The van der Waals surface area contributed by atoms with Crippen LogP contribution in [-0.4, -0.2) is 14.5 Å². The third kappa shape index (κ3) is 2.20. The highest BCUT2D eigenvalue weighted by atomic mass is 35.5. The first-order valence-corrected chi connectivity index (χ1v) is 5.76. The van der Waals surface area contributed by atoms with Crippen molar-refractivity contribution >= 4 is 17.5 Å². The molecule has 0 aliphatic carbocycles. The molecule has 7 heteroatoms. The lowest BCUT2D eigenvalue weighted by Crippen LogP contribution is -2.28. The van der Waals surface area contributed by atoms with E-state index >= 15 is 0 Å². The molecule has 2 rings (SSSR count). The Hall–Kier alpha value is -1.92. The number of para-hydroxylation sites is 1. The van der Waals surface area contributed by atoms with E-state index in [9.17, 15) is 4.79 Å². The van der Waals surface area contributed by atoms with Gasteiger partial charge in [0.2, 0.25) is 5.95 Å². The lowest BCUT2D eigenvalue weighted by Gasteiger charge is -2.12. The molecule has 0 radical (unpaired) electrons. The second-order valence-electron chi connectivity index (χ2n) is 3.53. The normalized spacial score (nSPS) is 10.4. The fourth-order valence-corrected chi connectivity index (χ4v) is 1.85. The SMILES string of the molecule is CCc1nc(NN)nc(=O)n1-c1ccccc1Cl. The van der Waals surface area contributed by atoms with Crippen molar-refractivity contribution in [3.05, 3.63) is 45.6 Å². The molecule has 0 atom stereocenters. The number of aryl methyl sites for hydroxylation is 1. The molecule has 2 aromatic rings. The molecule has 18 heavy (non-hydrogen) atoms. The quantitative estimate of drug-likeness (QED) is 0.642. The van der Waals surface area contributed by atoms with Crippen LogP contribution in [0, 0.1) is 0 Å². The molecule has 6 nitrogen and oxygen atoms in total. The maximum absolute atomic E-state index is 12.0. The Morgan fingerprint density at radius 1 is 1.39 bits per heavy atom. The van der Waals surface area contributed by atoms with Crippen molar-refractivity contribution in [1.82, 2.24) is 14.5 Å². The van der Waals surface area contributed by atoms with Gasteiger partial charge < -0.3 is 0 Å². The van der Waals surface area contributed by atoms with E-state index in [0.717, 1.165) is 0 Å². The summed E-state index contributed by atoms with van der Waals surface area (Å²) in [6, 6.07) is 7.03. The van der Waals surface area contributed by atoms with Gasteiger partial charge in [-0.25, -0.2) is 15.2 Å². The first kappa shape index (κ1) is 12.5. The molecule has 1 aromatic heterocycles. The van der Waals surface area contributed by atoms with Gasteiger partial charge in [0.15, 0.2) is 0 Å². The van der Waals surface area contributed by atoms with Crippen LogP contribution in [0.5, 0.6) is 0 Å². The average Bonchev–Trinajstić information content (AvgIpc) is 2.39. The maximum Gasteiger partial charge on any atom is 0.356 e.